The van der Waals surface area contributed by atoms with Crippen molar-refractivity contribution in [1.82, 2.24) is 4.31 Å². The highest BCUT2D eigenvalue weighted by atomic mass is 35.5. The second-order valence-corrected chi connectivity index (χ2v) is 6.44. The van der Waals surface area contributed by atoms with Gasteiger partial charge in [0.05, 0.1) is 10.8 Å². The predicted octanol–water partition coefficient (Wildman–Crippen LogP) is 3.38. The maximum absolute atomic E-state index is 13.4. The summed E-state index contributed by atoms with van der Waals surface area (Å²) in [4.78, 5) is 0.0995. The highest BCUT2D eigenvalue weighted by Crippen LogP contribution is 2.20. The van der Waals surface area contributed by atoms with E-state index < -0.39 is 15.8 Å². The van der Waals surface area contributed by atoms with Gasteiger partial charge in [-0.05, 0) is 24.6 Å². The first-order valence-corrected chi connectivity index (χ1v) is 8.29. The monoisotopic (exact) mass is 307 g/mol. The third kappa shape index (κ3) is 3.91. The van der Waals surface area contributed by atoms with Crippen molar-refractivity contribution in [3.05, 3.63) is 29.6 Å². The molecule has 1 aromatic carbocycles. The molecule has 0 bridgehead atoms. The zero-order chi connectivity index (χ0) is 14.5. The Hall–Kier alpha value is -0.650. The Kier molecular flexibility index (Phi) is 6.23. The first kappa shape index (κ1) is 16.4. The van der Waals surface area contributed by atoms with Crippen LogP contribution in [0.3, 0.4) is 0 Å². The minimum Gasteiger partial charge on any atom is -0.207 e. The number of alkyl halides is 1. The van der Waals surface area contributed by atoms with Crippen molar-refractivity contribution >= 4 is 21.6 Å². The molecule has 6 heteroatoms. The van der Waals surface area contributed by atoms with Crippen LogP contribution in [0.4, 0.5) is 4.39 Å². The number of nitrogens with zero attached hydrogens (tertiary/aromatic N) is 1. The maximum atomic E-state index is 13.4. The molecule has 0 radical (unpaired) electrons. The van der Waals surface area contributed by atoms with Gasteiger partial charge in [0.2, 0.25) is 10.0 Å². The molecule has 0 saturated carbocycles. The van der Waals surface area contributed by atoms with E-state index in [9.17, 15) is 12.8 Å². The van der Waals surface area contributed by atoms with Crippen LogP contribution >= 0.6 is 11.6 Å². The van der Waals surface area contributed by atoms with Gasteiger partial charge in [0.1, 0.15) is 5.82 Å². The van der Waals surface area contributed by atoms with Crippen molar-refractivity contribution in [2.24, 2.45) is 0 Å². The van der Waals surface area contributed by atoms with Gasteiger partial charge >= 0.3 is 0 Å². The van der Waals surface area contributed by atoms with E-state index in [1.807, 2.05) is 6.92 Å². The lowest BCUT2D eigenvalue weighted by molar-refractivity contribution is 0.418. The smallest absolute Gasteiger partial charge is 0.207 e. The predicted molar refractivity (Wildman–Crippen MR) is 75.3 cm³/mol. The Labute approximate surface area is 119 Å². The van der Waals surface area contributed by atoms with E-state index in [0.717, 1.165) is 18.9 Å². The summed E-state index contributed by atoms with van der Waals surface area (Å²) in [7, 11) is -3.56. The minimum absolute atomic E-state index is 0.0454. The van der Waals surface area contributed by atoms with E-state index >= 15 is 0 Å². The molecule has 0 amide bonds. The molecule has 0 heterocycles. The molecule has 0 fully saturated rings. The fraction of sp³-hybridized carbons (Fsp3) is 0.538. The summed E-state index contributed by atoms with van der Waals surface area (Å²) in [6.45, 7) is 4.67. The Morgan fingerprint density at radius 2 is 2.00 bits per heavy atom. The van der Waals surface area contributed by atoms with Gasteiger partial charge in [-0.2, -0.15) is 4.31 Å². The molecule has 0 spiro atoms. The fourth-order valence-electron chi connectivity index (χ4n) is 1.75. The summed E-state index contributed by atoms with van der Waals surface area (Å²) < 4.78 is 39.6. The zero-order valence-corrected chi connectivity index (χ0v) is 12.8. The van der Waals surface area contributed by atoms with Gasteiger partial charge in [-0.1, -0.05) is 20.3 Å². The second kappa shape index (κ2) is 7.22. The van der Waals surface area contributed by atoms with Gasteiger partial charge in [-0.25, -0.2) is 12.8 Å². The van der Waals surface area contributed by atoms with E-state index in [2.05, 4.69) is 0 Å². The van der Waals surface area contributed by atoms with E-state index in [1.54, 1.807) is 6.92 Å². The topological polar surface area (TPSA) is 37.4 Å². The summed E-state index contributed by atoms with van der Waals surface area (Å²) in [6, 6.07) is 3.75. The molecule has 0 unspecified atom stereocenters. The molecule has 0 aliphatic heterocycles. The molecular formula is C13H19ClFNO2S. The number of hydrogen-bond acceptors (Lipinski definition) is 2. The fourth-order valence-corrected chi connectivity index (χ4v) is 3.49. The van der Waals surface area contributed by atoms with Crippen LogP contribution in [0.15, 0.2) is 23.1 Å². The van der Waals surface area contributed by atoms with Crippen LogP contribution in [-0.2, 0) is 15.9 Å². The first-order chi connectivity index (χ1) is 8.97. The van der Waals surface area contributed by atoms with Gasteiger partial charge in [-0.15, -0.1) is 11.6 Å². The lowest BCUT2D eigenvalue weighted by Crippen LogP contribution is -2.31. The number of unbranched alkanes of at least 4 members (excludes halogenated alkanes) is 1. The third-order valence-corrected chi connectivity index (χ3v) is 5.17. The van der Waals surface area contributed by atoms with Gasteiger partial charge < -0.3 is 0 Å². The average molecular weight is 308 g/mol. The lowest BCUT2D eigenvalue weighted by atomic mass is 10.2. The highest BCUT2D eigenvalue weighted by Gasteiger charge is 2.23. The van der Waals surface area contributed by atoms with Crippen molar-refractivity contribution in [1.29, 1.82) is 0 Å². The minimum atomic E-state index is -3.56. The van der Waals surface area contributed by atoms with Gasteiger partial charge in [-0.3, -0.25) is 0 Å². The summed E-state index contributed by atoms with van der Waals surface area (Å²) in [5, 5.41) is 0. The third-order valence-electron chi connectivity index (χ3n) is 2.91. The van der Waals surface area contributed by atoms with Crippen LogP contribution in [0.1, 0.15) is 32.3 Å². The first-order valence-electron chi connectivity index (χ1n) is 6.31. The molecule has 3 nitrogen and oxygen atoms in total. The Balaban J connectivity index is 3.11. The summed E-state index contributed by atoms with van der Waals surface area (Å²) in [5.41, 5.74) is 0.203. The SMILES string of the molecule is CCCCN(CC)S(=O)(=O)c1ccc(F)c(CCl)c1. The molecule has 1 rings (SSSR count). The van der Waals surface area contributed by atoms with Crippen LogP contribution in [0, 0.1) is 5.82 Å². The van der Waals surface area contributed by atoms with E-state index in [0.29, 0.717) is 13.1 Å². The quantitative estimate of drug-likeness (QED) is 0.724. The largest absolute Gasteiger partial charge is 0.243 e. The Morgan fingerprint density at radius 3 is 2.53 bits per heavy atom. The molecule has 19 heavy (non-hydrogen) atoms. The molecule has 0 aliphatic carbocycles. The normalized spacial score (nSPS) is 12.1. The van der Waals surface area contributed by atoms with Crippen molar-refractivity contribution < 1.29 is 12.8 Å². The van der Waals surface area contributed by atoms with Gasteiger partial charge in [0.25, 0.3) is 0 Å². The zero-order valence-electron chi connectivity index (χ0n) is 11.2. The lowest BCUT2D eigenvalue weighted by Gasteiger charge is -2.20. The number of sulfonamides is 1. The van der Waals surface area contributed by atoms with E-state index in [-0.39, 0.29) is 16.3 Å². The van der Waals surface area contributed by atoms with Crippen molar-refractivity contribution in [3.8, 4) is 0 Å². The standard InChI is InChI=1S/C13H19ClFNO2S/c1-3-5-8-16(4-2)19(17,18)12-6-7-13(15)11(9-12)10-14/h6-7,9H,3-5,8,10H2,1-2H3. The van der Waals surface area contributed by atoms with Crippen molar-refractivity contribution in [3.63, 3.8) is 0 Å². The molecule has 108 valence electrons. The van der Waals surface area contributed by atoms with E-state index in [1.165, 1.54) is 16.4 Å². The maximum Gasteiger partial charge on any atom is 0.243 e. The number of benzene rings is 1. The Bertz CT molecular complexity index is 519. The van der Waals surface area contributed by atoms with Crippen LogP contribution < -0.4 is 0 Å². The van der Waals surface area contributed by atoms with Crippen LogP contribution in [0.25, 0.3) is 0 Å². The second-order valence-electron chi connectivity index (χ2n) is 4.24. The molecule has 0 saturated heterocycles. The van der Waals surface area contributed by atoms with Crippen molar-refractivity contribution in [2.75, 3.05) is 13.1 Å². The van der Waals surface area contributed by atoms with Crippen LogP contribution in [-0.4, -0.2) is 25.8 Å². The molecule has 0 aliphatic rings. The molecule has 0 N–H and O–H groups in total. The summed E-state index contributed by atoms with van der Waals surface area (Å²) in [5.74, 6) is -0.526. The van der Waals surface area contributed by atoms with Crippen molar-refractivity contribution in [2.45, 2.75) is 37.5 Å². The van der Waals surface area contributed by atoms with Gasteiger partial charge in [0, 0.05) is 18.7 Å². The molecule has 0 aromatic heterocycles. The molecule has 1 aromatic rings. The average Bonchev–Trinajstić information content (AvgIpc) is 2.39. The Morgan fingerprint density at radius 1 is 1.32 bits per heavy atom. The molecular weight excluding hydrogens is 289 g/mol. The highest BCUT2D eigenvalue weighted by molar-refractivity contribution is 7.89. The van der Waals surface area contributed by atoms with Crippen LogP contribution in [0.5, 0.6) is 0 Å². The van der Waals surface area contributed by atoms with E-state index in [4.69, 9.17) is 11.6 Å². The van der Waals surface area contributed by atoms with Gasteiger partial charge in [0.15, 0.2) is 0 Å². The summed E-state index contributed by atoms with van der Waals surface area (Å²) in [6.07, 6.45) is 1.72. The molecule has 0 atom stereocenters. The number of hydrogen-bond donors (Lipinski definition) is 0. The number of halogens is 2. The van der Waals surface area contributed by atoms with Crippen LogP contribution in [0.2, 0.25) is 0 Å². The number of rotatable bonds is 7. The summed E-state index contributed by atoms with van der Waals surface area (Å²) >= 11 is 5.60.